The molecule has 0 radical (unpaired) electrons. The molecule has 0 aliphatic heterocycles. The van der Waals surface area contributed by atoms with Gasteiger partial charge >= 0.3 is 0 Å². The molecule has 4 rings (SSSR count). The van der Waals surface area contributed by atoms with Crippen LogP contribution < -0.4 is 23.8 Å². The van der Waals surface area contributed by atoms with E-state index in [4.69, 9.17) is 14.2 Å². The summed E-state index contributed by atoms with van der Waals surface area (Å²) in [5, 5.41) is 12.4. The van der Waals surface area contributed by atoms with Gasteiger partial charge in [0.2, 0.25) is 0 Å². The molecule has 0 heterocycles. The molecule has 0 aromatic heterocycles. The van der Waals surface area contributed by atoms with E-state index in [9.17, 15) is 18.3 Å². The Balaban J connectivity index is 1.97. The standard InChI is InChI=1S/C32H34N2O7S/c1-23(2)22-34(42(37,38)26-14-8-5-9-15-26)27-20-24(32(36)33-25-12-6-4-7-13-25)21-30(40-19-18-35)31(27)41-29-17-11-10-16-28(29)39-3/h4-17,20-21,23,35H,18-19,22H2,1-3H3,(H,33,36). The van der Waals surface area contributed by atoms with Crippen molar-refractivity contribution in [1.29, 1.82) is 0 Å². The highest BCUT2D eigenvalue weighted by atomic mass is 32.2. The number of aliphatic hydroxyl groups excluding tert-OH is 1. The zero-order chi connectivity index (χ0) is 30.1. The monoisotopic (exact) mass is 590 g/mol. The maximum absolute atomic E-state index is 14.2. The lowest BCUT2D eigenvalue weighted by atomic mass is 10.1. The Labute approximate surface area is 246 Å². The third-order valence-corrected chi connectivity index (χ3v) is 7.88. The fourth-order valence-electron chi connectivity index (χ4n) is 4.18. The third-order valence-electron chi connectivity index (χ3n) is 6.09. The number of nitrogens with one attached hydrogen (secondary N) is 1. The molecule has 0 aliphatic rings. The van der Waals surface area contributed by atoms with Gasteiger partial charge in [-0.15, -0.1) is 0 Å². The SMILES string of the molecule is COc1ccccc1Oc1c(OCCO)cc(C(=O)Nc2ccccc2)cc1N(CC(C)C)S(=O)(=O)c1ccccc1. The van der Waals surface area contributed by atoms with E-state index in [1.165, 1.54) is 35.7 Å². The third kappa shape index (κ3) is 7.20. The van der Waals surface area contributed by atoms with Gasteiger partial charge in [-0.1, -0.05) is 62.4 Å². The average molecular weight is 591 g/mol. The normalized spacial score (nSPS) is 11.2. The first-order valence-electron chi connectivity index (χ1n) is 13.4. The Hall–Kier alpha value is -4.54. The fourth-order valence-corrected chi connectivity index (χ4v) is 5.83. The van der Waals surface area contributed by atoms with Crippen LogP contribution in [0, 0.1) is 5.92 Å². The Morgan fingerprint density at radius 3 is 2.12 bits per heavy atom. The lowest BCUT2D eigenvalue weighted by molar-refractivity contribution is 0.102. The number of amides is 1. The van der Waals surface area contributed by atoms with Crippen molar-refractivity contribution >= 4 is 27.3 Å². The molecule has 0 atom stereocenters. The maximum Gasteiger partial charge on any atom is 0.264 e. The molecule has 1 amide bonds. The molecule has 4 aromatic rings. The molecule has 2 N–H and O–H groups in total. The van der Waals surface area contributed by atoms with E-state index < -0.39 is 15.9 Å². The zero-order valence-corrected chi connectivity index (χ0v) is 24.5. The van der Waals surface area contributed by atoms with E-state index in [2.05, 4.69) is 5.32 Å². The van der Waals surface area contributed by atoms with Crippen molar-refractivity contribution < 1.29 is 32.5 Å². The molecule has 220 valence electrons. The van der Waals surface area contributed by atoms with Crippen molar-refractivity contribution in [3.05, 3.63) is 103 Å². The summed E-state index contributed by atoms with van der Waals surface area (Å²) in [6.07, 6.45) is 0. The van der Waals surface area contributed by atoms with Gasteiger partial charge < -0.3 is 24.6 Å². The van der Waals surface area contributed by atoms with Gasteiger partial charge in [-0.2, -0.15) is 0 Å². The number of rotatable bonds is 13. The van der Waals surface area contributed by atoms with Crippen molar-refractivity contribution in [2.45, 2.75) is 18.7 Å². The number of anilines is 2. The van der Waals surface area contributed by atoms with Crippen LogP contribution in [0.1, 0.15) is 24.2 Å². The van der Waals surface area contributed by atoms with E-state index in [1.54, 1.807) is 66.7 Å². The van der Waals surface area contributed by atoms with Crippen LogP contribution in [-0.4, -0.2) is 46.3 Å². The molecule has 0 saturated carbocycles. The summed E-state index contributed by atoms with van der Waals surface area (Å²) in [7, 11) is -2.64. The van der Waals surface area contributed by atoms with Gasteiger partial charge in [-0.25, -0.2) is 8.42 Å². The molecule has 10 heteroatoms. The minimum atomic E-state index is -4.13. The van der Waals surface area contributed by atoms with Crippen molar-refractivity contribution in [3.63, 3.8) is 0 Å². The van der Waals surface area contributed by atoms with Crippen molar-refractivity contribution in [2.24, 2.45) is 5.92 Å². The molecule has 0 bridgehead atoms. The highest BCUT2D eigenvalue weighted by Gasteiger charge is 2.32. The van der Waals surface area contributed by atoms with Gasteiger partial charge in [-0.05, 0) is 54.4 Å². The summed E-state index contributed by atoms with van der Waals surface area (Å²) in [6.45, 7) is 3.42. The summed E-state index contributed by atoms with van der Waals surface area (Å²) in [5.74, 6) is 0.238. The molecular weight excluding hydrogens is 556 g/mol. The minimum absolute atomic E-state index is 0.0457. The smallest absolute Gasteiger partial charge is 0.264 e. The molecule has 9 nitrogen and oxygen atoms in total. The summed E-state index contributed by atoms with van der Waals surface area (Å²) >= 11 is 0. The van der Waals surface area contributed by atoms with Gasteiger partial charge in [-0.3, -0.25) is 9.10 Å². The zero-order valence-electron chi connectivity index (χ0n) is 23.7. The quantitative estimate of drug-likeness (QED) is 0.197. The first-order valence-corrected chi connectivity index (χ1v) is 14.9. The first-order chi connectivity index (χ1) is 20.2. The number of hydrogen-bond donors (Lipinski definition) is 2. The van der Waals surface area contributed by atoms with Gasteiger partial charge in [0, 0.05) is 17.8 Å². The Kier molecular flexibility index (Phi) is 10.1. The summed E-state index contributed by atoms with van der Waals surface area (Å²) in [5.41, 5.74) is 0.783. The summed E-state index contributed by atoms with van der Waals surface area (Å²) in [4.78, 5) is 13.6. The number of carbonyl (C=O) groups is 1. The summed E-state index contributed by atoms with van der Waals surface area (Å²) in [6, 6.07) is 26.8. The van der Waals surface area contributed by atoms with E-state index >= 15 is 0 Å². The molecule has 4 aromatic carbocycles. The highest BCUT2D eigenvalue weighted by Crippen LogP contribution is 2.46. The first kappa shape index (κ1) is 30.4. The molecule has 0 saturated heterocycles. The topological polar surface area (TPSA) is 114 Å². The number of benzene rings is 4. The lowest BCUT2D eigenvalue weighted by Crippen LogP contribution is -2.35. The van der Waals surface area contributed by atoms with Gasteiger partial charge in [0.05, 0.1) is 24.3 Å². The van der Waals surface area contributed by atoms with Crippen LogP contribution >= 0.6 is 0 Å². The number of para-hydroxylation sites is 3. The fraction of sp³-hybridized carbons (Fsp3) is 0.219. The van der Waals surface area contributed by atoms with E-state index in [-0.39, 0.29) is 53.3 Å². The van der Waals surface area contributed by atoms with Crippen molar-refractivity contribution in [3.8, 4) is 23.0 Å². The molecule has 0 unspecified atom stereocenters. The van der Waals surface area contributed by atoms with Gasteiger partial charge in [0.15, 0.2) is 23.0 Å². The van der Waals surface area contributed by atoms with Crippen LogP contribution in [0.15, 0.2) is 102 Å². The van der Waals surface area contributed by atoms with Crippen LogP contribution in [-0.2, 0) is 10.0 Å². The van der Waals surface area contributed by atoms with Crippen LogP contribution in [0.4, 0.5) is 11.4 Å². The Morgan fingerprint density at radius 2 is 1.50 bits per heavy atom. The van der Waals surface area contributed by atoms with E-state index in [1.807, 2.05) is 19.9 Å². The van der Waals surface area contributed by atoms with Crippen LogP contribution in [0.5, 0.6) is 23.0 Å². The number of methoxy groups -OCH3 is 1. The number of sulfonamides is 1. The van der Waals surface area contributed by atoms with E-state index in [0.29, 0.717) is 17.2 Å². The predicted octanol–water partition coefficient (Wildman–Crippen LogP) is 5.96. The number of nitrogens with zero attached hydrogens (tertiary/aromatic N) is 1. The predicted molar refractivity (Wildman–Crippen MR) is 162 cm³/mol. The van der Waals surface area contributed by atoms with E-state index in [0.717, 1.165) is 0 Å². The van der Waals surface area contributed by atoms with Gasteiger partial charge in [0.25, 0.3) is 15.9 Å². The lowest BCUT2D eigenvalue weighted by Gasteiger charge is -2.29. The second kappa shape index (κ2) is 13.9. The number of carbonyl (C=O) groups excluding carboxylic acids is 1. The Bertz CT molecular complexity index is 1590. The minimum Gasteiger partial charge on any atom is -0.493 e. The van der Waals surface area contributed by atoms with Crippen molar-refractivity contribution in [2.75, 3.05) is 36.5 Å². The Morgan fingerprint density at radius 1 is 0.881 bits per heavy atom. The molecule has 0 spiro atoms. The van der Waals surface area contributed by atoms with Crippen molar-refractivity contribution in [1.82, 2.24) is 0 Å². The van der Waals surface area contributed by atoms with Gasteiger partial charge in [0.1, 0.15) is 6.61 Å². The maximum atomic E-state index is 14.2. The second-order valence-electron chi connectivity index (χ2n) is 9.71. The average Bonchev–Trinajstić information content (AvgIpc) is 3.00. The molecular formula is C32H34N2O7S. The molecule has 0 aliphatic carbocycles. The molecule has 0 fully saturated rings. The van der Waals surface area contributed by atoms with Crippen LogP contribution in [0.3, 0.4) is 0 Å². The second-order valence-corrected chi connectivity index (χ2v) is 11.6. The largest absolute Gasteiger partial charge is 0.493 e. The number of aliphatic hydroxyl groups is 1. The summed E-state index contributed by atoms with van der Waals surface area (Å²) < 4.78 is 47.2. The van der Waals surface area contributed by atoms with Crippen LogP contribution in [0.2, 0.25) is 0 Å². The van der Waals surface area contributed by atoms with Crippen LogP contribution in [0.25, 0.3) is 0 Å². The number of hydrogen-bond acceptors (Lipinski definition) is 7. The highest BCUT2D eigenvalue weighted by molar-refractivity contribution is 7.92. The number of ether oxygens (including phenoxy) is 3. The molecule has 42 heavy (non-hydrogen) atoms.